The lowest BCUT2D eigenvalue weighted by molar-refractivity contribution is 0.00840. The maximum Gasteiger partial charge on any atom is 0.289 e. The highest BCUT2D eigenvalue weighted by Crippen LogP contribution is 2.28. The Kier molecular flexibility index (Phi) is 4.81. The number of hydrogen-bond donors (Lipinski definition) is 0. The van der Waals surface area contributed by atoms with Crippen molar-refractivity contribution in [2.24, 2.45) is 0 Å². The highest BCUT2D eigenvalue weighted by molar-refractivity contribution is 5.92. The van der Waals surface area contributed by atoms with Gasteiger partial charge in [-0.3, -0.25) is 14.7 Å². The number of pyridine rings is 1. The molecular formula is C19H23N3O3. The van der Waals surface area contributed by atoms with Crippen molar-refractivity contribution in [2.75, 3.05) is 32.8 Å². The molecule has 1 amide bonds. The van der Waals surface area contributed by atoms with E-state index in [1.54, 1.807) is 24.6 Å². The van der Waals surface area contributed by atoms with Gasteiger partial charge >= 0.3 is 0 Å². The van der Waals surface area contributed by atoms with Crippen molar-refractivity contribution in [3.8, 4) is 0 Å². The fourth-order valence-electron chi connectivity index (χ4n) is 3.97. The third-order valence-corrected chi connectivity index (χ3v) is 5.19. The molecule has 6 nitrogen and oxygen atoms in total. The number of carbonyl (C=O) groups is 1. The molecule has 0 radical (unpaired) electrons. The fraction of sp³-hybridized carbons (Fsp3) is 0.474. The van der Waals surface area contributed by atoms with Crippen molar-refractivity contribution >= 4 is 5.91 Å². The zero-order chi connectivity index (χ0) is 17.1. The van der Waals surface area contributed by atoms with Gasteiger partial charge in [-0.05, 0) is 36.6 Å². The smallest absolute Gasteiger partial charge is 0.289 e. The maximum absolute atomic E-state index is 12.9. The van der Waals surface area contributed by atoms with E-state index in [4.69, 9.17) is 9.15 Å². The SMILES string of the molecule is O=C(c1ccco1)N1CC[C@@H](N2CCOCC2)[C@H]1Cc1cccnc1. The van der Waals surface area contributed by atoms with E-state index in [2.05, 4.69) is 16.0 Å². The molecule has 0 aliphatic carbocycles. The maximum atomic E-state index is 12.9. The molecule has 0 N–H and O–H groups in total. The molecule has 2 aromatic rings. The van der Waals surface area contributed by atoms with Crippen LogP contribution in [0.4, 0.5) is 0 Å². The van der Waals surface area contributed by atoms with Gasteiger partial charge < -0.3 is 14.1 Å². The van der Waals surface area contributed by atoms with E-state index in [0.29, 0.717) is 11.8 Å². The number of carbonyl (C=O) groups excluding carboxylic acids is 1. The molecule has 25 heavy (non-hydrogen) atoms. The van der Waals surface area contributed by atoms with Crippen molar-refractivity contribution in [1.29, 1.82) is 0 Å². The minimum atomic E-state index is -0.0188. The lowest BCUT2D eigenvalue weighted by Crippen LogP contribution is -2.51. The van der Waals surface area contributed by atoms with E-state index in [0.717, 1.165) is 51.3 Å². The van der Waals surface area contributed by atoms with Crippen LogP contribution in [0.2, 0.25) is 0 Å². The largest absolute Gasteiger partial charge is 0.459 e. The number of furan rings is 1. The van der Waals surface area contributed by atoms with Crippen LogP contribution < -0.4 is 0 Å². The molecule has 132 valence electrons. The van der Waals surface area contributed by atoms with E-state index >= 15 is 0 Å². The Morgan fingerprint density at radius 1 is 1.20 bits per heavy atom. The second kappa shape index (κ2) is 7.37. The van der Waals surface area contributed by atoms with E-state index in [-0.39, 0.29) is 11.9 Å². The average molecular weight is 341 g/mol. The third-order valence-electron chi connectivity index (χ3n) is 5.19. The van der Waals surface area contributed by atoms with Crippen LogP contribution in [0.3, 0.4) is 0 Å². The topological polar surface area (TPSA) is 58.8 Å². The Bertz CT molecular complexity index is 683. The first kappa shape index (κ1) is 16.3. The minimum absolute atomic E-state index is 0.0188. The number of morpholine rings is 1. The van der Waals surface area contributed by atoms with Gasteiger partial charge in [-0.1, -0.05) is 6.07 Å². The van der Waals surface area contributed by atoms with Gasteiger partial charge in [0.15, 0.2) is 5.76 Å². The summed E-state index contributed by atoms with van der Waals surface area (Å²) in [5, 5.41) is 0. The van der Waals surface area contributed by atoms with E-state index in [1.807, 2.05) is 17.2 Å². The van der Waals surface area contributed by atoms with Gasteiger partial charge in [0.1, 0.15) is 0 Å². The molecule has 0 unspecified atom stereocenters. The number of likely N-dealkylation sites (tertiary alicyclic amines) is 1. The summed E-state index contributed by atoms with van der Waals surface area (Å²) in [5.74, 6) is 0.397. The predicted molar refractivity (Wildman–Crippen MR) is 92.3 cm³/mol. The Morgan fingerprint density at radius 3 is 2.80 bits per heavy atom. The van der Waals surface area contributed by atoms with Gasteiger partial charge in [-0.15, -0.1) is 0 Å². The van der Waals surface area contributed by atoms with Crippen LogP contribution in [0.5, 0.6) is 0 Å². The van der Waals surface area contributed by atoms with Crippen molar-refractivity contribution in [1.82, 2.24) is 14.8 Å². The Labute approximate surface area is 147 Å². The molecule has 2 aliphatic rings. The normalized spacial score (nSPS) is 24.6. The molecule has 0 aromatic carbocycles. The number of hydrogen-bond acceptors (Lipinski definition) is 5. The summed E-state index contributed by atoms with van der Waals surface area (Å²) in [5.41, 5.74) is 1.16. The first-order valence-electron chi connectivity index (χ1n) is 8.88. The highest BCUT2D eigenvalue weighted by Gasteiger charge is 2.41. The Hall–Kier alpha value is -2.18. The van der Waals surface area contributed by atoms with Crippen LogP contribution in [0, 0.1) is 0 Å². The molecule has 4 rings (SSSR count). The second-order valence-corrected chi connectivity index (χ2v) is 6.61. The Morgan fingerprint density at radius 2 is 2.08 bits per heavy atom. The quantitative estimate of drug-likeness (QED) is 0.849. The highest BCUT2D eigenvalue weighted by atomic mass is 16.5. The van der Waals surface area contributed by atoms with Crippen LogP contribution >= 0.6 is 0 Å². The Balaban J connectivity index is 1.58. The molecule has 4 heterocycles. The summed E-state index contributed by atoms with van der Waals surface area (Å²) >= 11 is 0. The van der Waals surface area contributed by atoms with Crippen molar-refractivity contribution < 1.29 is 13.9 Å². The number of ether oxygens (including phenoxy) is 1. The van der Waals surface area contributed by atoms with Gasteiger partial charge in [0.25, 0.3) is 5.91 Å². The standard InChI is InChI=1S/C19H23N3O3/c23-19(18-4-2-10-25-18)22-7-5-16(21-8-11-24-12-9-21)17(22)13-15-3-1-6-20-14-15/h1-4,6,10,14,16-17H,5,7-9,11-13H2/t16-,17-/m1/s1. The van der Waals surface area contributed by atoms with Crippen LogP contribution in [0.15, 0.2) is 47.3 Å². The van der Waals surface area contributed by atoms with Crippen molar-refractivity contribution in [3.05, 3.63) is 54.2 Å². The lowest BCUT2D eigenvalue weighted by atomic mass is 9.99. The van der Waals surface area contributed by atoms with Crippen molar-refractivity contribution in [3.63, 3.8) is 0 Å². The van der Waals surface area contributed by atoms with Crippen molar-refractivity contribution in [2.45, 2.75) is 24.9 Å². The third kappa shape index (κ3) is 3.45. The van der Waals surface area contributed by atoms with Crippen LogP contribution in [0.25, 0.3) is 0 Å². The number of amides is 1. The summed E-state index contributed by atoms with van der Waals surface area (Å²) in [6.07, 6.45) is 7.02. The van der Waals surface area contributed by atoms with Gasteiger partial charge in [0, 0.05) is 38.1 Å². The summed E-state index contributed by atoms with van der Waals surface area (Å²) in [6, 6.07) is 8.01. The molecular weight excluding hydrogens is 318 g/mol. The van der Waals surface area contributed by atoms with Gasteiger partial charge in [-0.2, -0.15) is 0 Å². The average Bonchev–Trinajstić information content (AvgIpc) is 3.33. The summed E-state index contributed by atoms with van der Waals surface area (Å²) in [6.45, 7) is 4.14. The molecule has 2 aliphatic heterocycles. The van der Waals surface area contributed by atoms with E-state index in [1.165, 1.54) is 0 Å². The summed E-state index contributed by atoms with van der Waals surface area (Å²) < 4.78 is 10.8. The summed E-state index contributed by atoms with van der Waals surface area (Å²) in [7, 11) is 0. The van der Waals surface area contributed by atoms with E-state index < -0.39 is 0 Å². The van der Waals surface area contributed by atoms with E-state index in [9.17, 15) is 4.79 Å². The fourth-order valence-corrected chi connectivity index (χ4v) is 3.97. The molecule has 0 saturated carbocycles. The van der Waals surface area contributed by atoms with Gasteiger partial charge in [0.05, 0.1) is 25.5 Å². The van der Waals surface area contributed by atoms with Gasteiger partial charge in [0.2, 0.25) is 0 Å². The van der Waals surface area contributed by atoms with Crippen LogP contribution in [0.1, 0.15) is 22.5 Å². The zero-order valence-electron chi connectivity index (χ0n) is 14.2. The number of nitrogens with zero attached hydrogens (tertiary/aromatic N) is 3. The van der Waals surface area contributed by atoms with Crippen LogP contribution in [-0.4, -0.2) is 65.6 Å². The molecule has 2 saturated heterocycles. The first-order chi connectivity index (χ1) is 12.3. The monoisotopic (exact) mass is 341 g/mol. The molecule has 2 fully saturated rings. The van der Waals surface area contributed by atoms with Gasteiger partial charge in [-0.25, -0.2) is 0 Å². The number of rotatable bonds is 4. The predicted octanol–water partition coefficient (Wildman–Crippen LogP) is 1.83. The molecule has 0 bridgehead atoms. The second-order valence-electron chi connectivity index (χ2n) is 6.61. The molecule has 2 aromatic heterocycles. The van der Waals surface area contributed by atoms with Crippen LogP contribution in [-0.2, 0) is 11.2 Å². The minimum Gasteiger partial charge on any atom is -0.459 e. The molecule has 0 spiro atoms. The lowest BCUT2D eigenvalue weighted by Gasteiger charge is -2.37. The molecule has 2 atom stereocenters. The molecule has 6 heteroatoms. The zero-order valence-corrected chi connectivity index (χ0v) is 14.2. The summed E-state index contributed by atoms with van der Waals surface area (Å²) in [4.78, 5) is 21.6. The first-order valence-corrected chi connectivity index (χ1v) is 8.88. The number of aromatic nitrogens is 1.